The second-order valence-electron chi connectivity index (χ2n) is 4.42. The predicted molar refractivity (Wildman–Crippen MR) is 90.3 cm³/mol. The molecule has 1 atom stereocenters. The van der Waals surface area contributed by atoms with E-state index in [1.807, 2.05) is 0 Å². The van der Waals surface area contributed by atoms with Gasteiger partial charge in [0.15, 0.2) is 0 Å². The fraction of sp³-hybridized carbons (Fsp3) is 0.429. The summed E-state index contributed by atoms with van der Waals surface area (Å²) in [7, 11) is 2.59. The van der Waals surface area contributed by atoms with Gasteiger partial charge in [-0.3, -0.25) is 0 Å². The fourth-order valence-corrected chi connectivity index (χ4v) is 1.91. The Bertz CT molecular complexity index is 587. The summed E-state index contributed by atoms with van der Waals surface area (Å²) in [5, 5.41) is 0.254. The number of methoxy groups -OCH3 is 2. The Labute approximate surface area is 158 Å². The van der Waals surface area contributed by atoms with Crippen molar-refractivity contribution in [3.63, 3.8) is 0 Å². The minimum absolute atomic E-state index is 0.0400. The number of rotatable bonds is 7. The summed E-state index contributed by atoms with van der Waals surface area (Å²) in [5.74, 6) is -1.46. The number of ether oxygens (including phenoxy) is 4. The van der Waals surface area contributed by atoms with Crippen LogP contribution in [0.5, 0.6) is 5.75 Å². The molecule has 0 fully saturated rings. The van der Waals surface area contributed by atoms with Gasteiger partial charge in [-0.2, -0.15) is 0 Å². The quantitative estimate of drug-likeness (QED) is 0.498. The van der Waals surface area contributed by atoms with Gasteiger partial charge in [-0.15, -0.1) is 0 Å². The van der Waals surface area contributed by atoms with Crippen LogP contribution in [0.15, 0.2) is 18.2 Å². The molecule has 0 aromatic heterocycles. The average molecular weight is 420 g/mol. The molecule has 0 aliphatic carbocycles. The number of carbonyl (C=O) groups excluding carboxylic acids is 2. The molecule has 1 aromatic carbocycles. The maximum atomic E-state index is 12.2. The van der Waals surface area contributed by atoms with Crippen molar-refractivity contribution in [1.29, 1.82) is 0 Å². The van der Waals surface area contributed by atoms with E-state index in [1.54, 1.807) is 0 Å². The van der Waals surface area contributed by atoms with E-state index in [0.29, 0.717) is 0 Å². The zero-order valence-electron chi connectivity index (χ0n) is 12.7. The van der Waals surface area contributed by atoms with Crippen molar-refractivity contribution in [2.75, 3.05) is 27.4 Å². The van der Waals surface area contributed by atoms with Crippen LogP contribution in [-0.2, 0) is 19.0 Å². The number of alkyl halides is 3. The molecular formula is C14H14Cl4O6. The Morgan fingerprint density at radius 3 is 2.42 bits per heavy atom. The van der Waals surface area contributed by atoms with E-state index >= 15 is 0 Å². The molecule has 0 bridgehead atoms. The van der Waals surface area contributed by atoms with Crippen LogP contribution in [-0.4, -0.2) is 49.3 Å². The first-order valence-corrected chi connectivity index (χ1v) is 7.96. The van der Waals surface area contributed by atoms with E-state index < -0.39 is 28.4 Å². The Morgan fingerprint density at radius 2 is 1.88 bits per heavy atom. The molecule has 1 aromatic rings. The van der Waals surface area contributed by atoms with Crippen molar-refractivity contribution < 1.29 is 28.5 Å². The zero-order chi connectivity index (χ0) is 18.3. The van der Waals surface area contributed by atoms with Gasteiger partial charge in [0.25, 0.3) is 0 Å². The average Bonchev–Trinajstić information content (AvgIpc) is 2.52. The third-order valence-electron chi connectivity index (χ3n) is 2.58. The summed E-state index contributed by atoms with van der Waals surface area (Å²) in [6.45, 7) is -0.557. The molecule has 0 saturated heterocycles. The maximum Gasteiger partial charge on any atom is 0.349 e. The van der Waals surface area contributed by atoms with E-state index in [9.17, 15) is 9.59 Å². The third-order valence-corrected chi connectivity index (χ3v) is 3.14. The third kappa shape index (κ3) is 6.91. The highest BCUT2D eigenvalue weighted by atomic mass is 35.6. The molecule has 10 heteroatoms. The summed E-state index contributed by atoms with van der Waals surface area (Å²) in [4.78, 5) is 23.8. The van der Waals surface area contributed by atoms with Gasteiger partial charge in [-0.1, -0.05) is 46.4 Å². The van der Waals surface area contributed by atoms with Crippen molar-refractivity contribution in [3.05, 3.63) is 28.8 Å². The SMILES string of the molecule is COCC(Oc1ccc(Cl)cc1C(=O)OCC(Cl)(Cl)Cl)C(=O)OC. The standard InChI is InChI=1S/C14H14Cl4O6/c1-21-6-11(13(20)22-2)24-10-4-3-8(15)5-9(10)12(19)23-7-14(16,17)18/h3-5,11H,6-7H2,1-2H3. The molecule has 0 heterocycles. The minimum atomic E-state index is -1.76. The number of hydrogen-bond acceptors (Lipinski definition) is 6. The Balaban J connectivity index is 3.02. The van der Waals surface area contributed by atoms with Crippen LogP contribution in [0.25, 0.3) is 0 Å². The molecule has 134 valence electrons. The van der Waals surface area contributed by atoms with Gasteiger partial charge in [0.05, 0.1) is 13.7 Å². The predicted octanol–water partition coefficient (Wildman–Crippen LogP) is 3.43. The maximum absolute atomic E-state index is 12.2. The highest BCUT2D eigenvalue weighted by molar-refractivity contribution is 6.67. The molecule has 0 saturated carbocycles. The highest BCUT2D eigenvalue weighted by Crippen LogP contribution is 2.29. The first kappa shape index (κ1) is 21.1. The number of carbonyl (C=O) groups is 2. The Morgan fingerprint density at radius 1 is 1.21 bits per heavy atom. The summed E-state index contributed by atoms with van der Waals surface area (Å²) < 4.78 is 18.1. The van der Waals surface area contributed by atoms with Crippen molar-refractivity contribution >= 4 is 58.3 Å². The summed E-state index contributed by atoms with van der Waals surface area (Å²) >= 11 is 22.5. The second kappa shape index (κ2) is 9.53. The fourth-order valence-electron chi connectivity index (χ4n) is 1.58. The van der Waals surface area contributed by atoms with Crippen LogP contribution in [0.4, 0.5) is 0 Å². The van der Waals surface area contributed by atoms with Gasteiger partial charge in [-0.05, 0) is 18.2 Å². The molecule has 6 nitrogen and oxygen atoms in total. The van der Waals surface area contributed by atoms with Crippen LogP contribution >= 0.6 is 46.4 Å². The summed E-state index contributed by atoms with van der Waals surface area (Å²) in [6, 6.07) is 4.18. The van der Waals surface area contributed by atoms with Crippen molar-refractivity contribution in [2.24, 2.45) is 0 Å². The zero-order valence-corrected chi connectivity index (χ0v) is 15.7. The Kier molecular flexibility index (Phi) is 8.39. The van der Waals surface area contributed by atoms with Crippen molar-refractivity contribution in [1.82, 2.24) is 0 Å². The number of esters is 2. The molecule has 0 N–H and O–H groups in total. The van der Waals surface area contributed by atoms with E-state index in [4.69, 9.17) is 60.6 Å². The van der Waals surface area contributed by atoms with Crippen LogP contribution < -0.4 is 4.74 Å². The van der Waals surface area contributed by atoms with Gasteiger partial charge in [-0.25, -0.2) is 9.59 Å². The van der Waals surface area contributed by atoms with Crippen molar-refractivity contribution in [3.8, 4) is 5.75 Å². The number of halogens is 4. The lowest BCUT2D eigenvalue weighted by Gasteiger charge is -2.18. The van der Waals surface area contributed by atoms with Gasteiger partial charge in [0.1, 0.15) is 17.9 Å². The molecule has 0 amide bonds. The van der Waals surface area contributed by atoms with Gasteiger partial charge in [0, 0.05) is 12.1 Å². The molecule has 0 aliphatic heterocycles. The van der Waals surface area contributed by atoms with Crippen LogP contribution in [0.3, 0.4) is 0 Å². The van der Waals surface area contributed by atoms with Crippen LogP contribution in [0.1, 0.15) is 10.4 Å². The number of hydrogen-bond donors (Lipinski definition) is 0. The second-order valence-corrected chi connectivity index (χ2v) is 7.37. The molecule has 1 unspecified atom stereocenters. The van der Waals surface area contributed by atoms with Crippen LogP contribution in [0.2, 0.25) is 5.02 Å². The molecule has 0 spiro atoms. The molecule has 0 aliphatic rings. The lowest BCUT2D eigenvalue weighted by atomic mass is 10.2. The van der Waals surface area contributed by atoms with Gasteiger partial charge >= 0.3 is 11.9 Å². The normalized spacial score (nSPS) is 12.4. The molecular weight excluding hydrogens is 406 g/mol. The molecule has 0 radical (unpaired) electrons. The highest BCUT2D eigenvalue weighted by Gasteiger charge is 2.27. The first-order valence-electron chi connectivity index (χ1n) is 6.44. The van der Waals surface area contributed by atoms with Crippen molar-refractivity contribution in [2.45, 2.75) is 9.90 Å². The van der Waals surface area contributed by atoms with Gasteiger partial charge < -0.3 is 18.9 Å². The van der Waals surface area contributed by atoms with E-state index in [-0.39, 0.29) is 22.9 Å². The van der Waals surface area contributed by atoms with Gasteiger partial charge in [0.2, 0.25) is 9.90 Å². The van der Waals surface area contributed by atoms with E-state index in [2.05, 4.69) is 4.74 Å². The monoisotopic (exact) mass is 418 g/mol. The largest absolute Gasteiger partial charge is 0.475 e. The van der Waals surface area contributed by atoms with Crippen LogP contribution in [0, 0.1) is 0 Å². The lowest BCUT2D eigenvalue weighted by molar-refractivity contribution is -0.151. The topological polar surface area (TPSA) is 71.1 Å². The Hall–Kier alpha value is -0.920. The minimum Gasteiger partial charge on any atom is -0.475 e. The summed E-state index contributed by atoms with van der Waals surface area (Å²) in [6.07, 6.45) is -1.08. The first-order chi connectivity index (χ1) is 11.2. The summed E-state index contributed by atoms with van der Waals surface area (Å²) in [5.41, 5.74) is -0.0400. The number of benzene rings is 1. The lowest BCUT2D eigenvalue weighted by Crippen LogP contribution is -2.33. The smallest absolute Gasteiger partial charge is 0.349 e. The molecule has 24 heavy (non-hydrogen) atoms. The molecule has 1 rings (SSSR count). The van der Waals surface area contributed by atoms with E-state index in [1.165, 1.54) is 32.4 Å². The van der Waals surface area contributed by atoms with E-state index in [0.717, 1.165) is 0 Å².